The van der Waals surface area contributed by atoms with Crippen molar-refractivity contribution in [1.29, 1.82) is 0 Å². The maximum Gasteiger partial charge on any atom is 0.708 e. The number of nitrogens with zero attached hydrogens (tertiary/aromatic N) is 2. The van der Waals surface area contributed by atoms with Crippen LogP contribution < -0.4 is 0 Å². The van der Waals surface area contributed by atoms with Gasteiger partial charge in [0.25, 0.3) is 0 Å². The maximum absolute atomic E-state index is 12.9. The maximum atomic E-state index is 12.9. The lowest BCUT2D eigenvalue weighted by Crippen LogP contribution is -2.25. The summed E-state index contributed by atoms with van der Waals surface area (Å²) < 4.78 is 94.6. The third-order valence-electron chi connectivity index (χ3n) is 4.24. The minimum absolute atomic E-state index is 0.0332. The standard InChI is InChI=1S/C13H14F3N2O12P3/c14-13(15,16)7-1-2-9-8(3-7)17-6-18(9)12-4-10(19)11(27-12)5-26-31(21)29-33(24,25)30-32(22,23)28-20/h1-3,6,10-12,19H,4-5H2,(H2-,20,22,23,24,25)/p+1/t10-,11+,12+/m0/s1. The number of aliphatic hydroxyl groups is 1. The van der Waals surface area contributed by atoms with Crippen LogP contribution in [0.3, 0.4) is 0 Å². The summed E-state index contributed by atoms with van der Waals surface area (Å²) in [7, 11) is -14.3. The molecule has 20 heteroatoms. The first-order valence-corrected chi connectivity index (χ1v) is 12.7. The Labute approximate surface area is 182 Å². The molecule has 4 N–H and O–H groups in total. The lowest BCUT2D eigenvalue weighted by Gasteiger charge is -2.14. The molecule has 3 unspecified atom stereocenters. The van der Waals surface area contributed by atoms with Crippen molar-refractivity contribution in [3.8, 4) is 0 Å². The molecule has 1 aliphatic heterocycles. The van der Waals surface area contributed by atoms with E-state index in [-0.39, 0.29) is 17.5 Å². The second-order valence-corrected chi connectivity index (χ2v) is 10.5. The molecule has 33 heavy (non-hydrogen) atoms. The normalized spacial score (nSPS) is 25.7. The van der Waals surface area contributed by atoms with Gasteiger partial charge in [-0.25, -0.2) is 19.4 Å². The van der Waals surface area contributed by atoms with Gasteiger partial charge in [-0.1, -0.05) is 0 Å². The molecule has 1 fully saturated rings. The summed E-state index contributed by atoms with van der Waals surface area (Å²) in [5.41, 5.74) is -0.573. The van der Waals surface area contributed by atoms with Gasteiger partial charge in [0.05, 0.1) is 29.0 Å². The Balaban J connectivity index is 1.61. The van der Waals surface area contributed by atoms with Gasteiger partial charge >= 0.3 is 30.1 Å². The Kier molecular flexibility index (Phi) is 7.76. The molecule has 3 rings (SSSR count). The molecule has 1 aliphatic rings. The molecule has 2 heterocycles. The number of hydrogen-bond donors (Lipinski definition) is 4. The van der Waals surface area contributed by atoms with Crippen molar-refractivity contribution in [2.45, 2.75) is 31.0 Å². The van der Waals surface area contributed by atoms with E-state index < -0.39 is 60.7 Å². The molecule has 0 aliphatic carbocycles. The number of hydrogen-bond acceptors (Lipinski definition) is 11. The third-order valence-corrected chi connectivity index (χ3v) is 7.82. The van der Waals surface area contributed by atoms with Crippen molar-refractivity contribution in [2.24, 2.45) is 0 Å². The topological polar surface area (TPSA) is 196 Å². The van der Waals surface area contributed by atoms with E-state index in [9.17, 15) is 36.9 Å². The fourth-order valence-corrected chi connectivity index (χ4v) is 5.56. The molecule has 1 aromatic heterocycles. The molecule has 0 amide bonds. The van der Waals surface area contributed by atoms with E-state index in [1.807, 2.05) is 0 Å². The van der Waals surface area contributed by atoms with E-state index in [0.717, 1.165) is 12.1 Å². The highest BCUT2D eigenvalue weighted by molar-refractivity contribution is 7.64. The van der Waals surface area contributed by atoms with Crippen LogP contribution in [0.4, 0.5) is 13.2 Å². The van der Waals surface area contributed by atoms with Crippen molar-refractivity contribution in [1.82, 2.24) is 9.55 Å². The zero-order chi connectivity index (χ0) is 24.6. The van der Waals surface area contributed by atoms with Gasteiger partial charge in [0, 0.05) is 11.0 Å². The van der Waals surface area contributed by atoms with E-state index in [1.54, 1.807) is 0 Å². The minimum Gasteiger partial charge on any atom is -0.390 e. The summed E-state index contributed by atoms with van der Waals surface area (Å²) in [6.45, 7) is -0.648. The van der Waals surface area contributed by atoms with Crippen LogP contribution in [0.5, 0.6) is 0 Å². The number of aromatic nitrogens is 2. The van der Waals surface area contributed by atoms with E-state index in [2.05, 4.69) is 22.8 Å². The predicted molar refractivity (Wildman–Crippen MR) is 98.4 cm³/mol. The van der Waals surface area contributed by atoms with Crippen LogP contribution in [0.15, 0.2) is 24.5 Å². The van der Waals surface area contributed by atoms with Crippen molar-refractivity contribution in [3.05, 3.63) is 30.1 Å². The van der Waals surface area contributed by atoms with Crippen molar-refractivity contribution < 1.29 is 69.6 Å². The van der Waals surface area contributed by atoms with Gasteiger partial charge in [0.2, 0.25) is 0 Å². The highest BCUT2D eigenvalue weighted by Gasteiger charge is 2.46. The van der Waals surface area contributed by atoms with Gasteiger partial charge in [-0.2, -0.15) is 17.5 Å². The number of rotatable bonds is 9. The van der Waals surface area contributed by atoms with Crippen LogP contribution in [0.2, 0.25) is 0 Å². The first-order valence-electron chi connectivity index (χ1n) is 8.58. The van der Waals surface area contributed by atoms with Gasteiger partial charge in [0.15, 0.2) is 0 Å². The fourth-order valence-electron chi connectivity index (χ4n) is 2.88. The summed E-state index contributed by atoms with van der Waals surface area (Å²) >= 11 is 0. The van der Waals surface area contributed by atoms with Gasteiger partial charge in [-0.05, 0) is 22.5 Å². The Hall–Kier alpha value is -1.32. The highest BCUT2D eigenvalue weighted by Crippen LogP contribution is 2.63. The number of benzene rings is 1. The van der Waals surface area contributed by atoms with Crippen LogP contribution in [-0.2, 0) is 42.4 Å². The quantitative estimate of drug-likeness (QED) is 0.206. The molecule has 6 atom stereocenters. The molecular weight excluding hydrogens is 526 g/mol. The molecule has 1 aromatic carbocycles. The molecule has 1 saturated heterocycles. The van der Waals surface area contributed by atoms with E-state index in [4.69, 9.17) is 14.9 Å². The summed E-state index contributed by atoms with van der Waals surface area (Å²) in [6.07, 6.45) is -6.63. The van der Waals surface area contributed by atoms with Crippen LogP contribution in [0.1, 0.15) is 18.2 Å². The molecule has 2 aromatic rings. The fraction of sp³-hybridized carbons (Fsp3) is 0.462. The van der Waals surface area contributed by atoms with Crippen molar-refractivity contribution in [2.75, 3.05) is 6.61 Å². The first kappa shape index (κ1) is 26.3. The third kappa shape index (κ3) is 6.63. The number of aliphatic hydroxyl groups excluding tert-OH is 1. The van der Waals surface area contributed by atoms with Gasteiger partial charge in [0.1, 0.15) is 18.9 Å². The Morgan fingerprint density at radius 1 is 1.27 bits per heavy atom. The van der Waals surface area contributed by atoms with Gasteiger partial charge < -0.3 is 19.3 Å². The lowest BCUT2D eigenvalue weighted by atomic mass is 10.2. The smallest absolute Gasteiger partial charge is 0.390 e. The van der Waals surface area contributed by atoms with Gasteiger partial charge in [-0.3, -0.25) is 4.89 Å². The van der Waals surface area contributed by atoms with Crippen molar-refractivity contribution in [3.63, 3.8) is 0 Å². The summed E-state index contributed by atoms with van der Waals surface area (Å²) in [6, 6.07) is 2.89. The zero-order valence-electron chi connectivity index (χ0n) is 15.9. The van der Waals surface area contributed by atoms with E-state index in [0.29, 0.717) is 0 Å². The average molecular weight is 541 g/mol. The second-order valence-electron chi connectivity index (χ2n) is 6.49. The number of alkyl halides is 3. The molecule has 0 bridgehead atoms. The Bertz CT molecular complexity index is 1130. The van der Waals surface area contributed by atoms with E-state index >= 15 is 0 Å². The summed E-state index contributed by atoms with van der Waals surface area (Å²) in [5.74, 6) is 0. The molecule has 0 spiro atoms. The highest BCUT2D eigenvalue weighted by atomic mass is 31.3. The molecule has 14 nitrogen and oxygen atoms in total. The summed E-state index contributed by atoms with van der Waals surface area (Å²) in [4.78, 5) is 21.8. The number of halogens is 3. The largest absolute Gasteiger partial charge is 0.708 e. The lowest BCUT2D eigenvalue weighted by molar-refractivity contribution is -0.157. The monoisotopic (exact) mass is 541 g/mol. The van der Waals surface area contributed by atoms with Crippen LogP contribution in [0.25, 0.3) is 11.0 Å². The number of ether oxygens (including phenoxy) is 1. The second kappa shape index (κ2) is 9.74. The van der Waals surface area contributed by atoms with Crippen LogP contribution >= 0.6 is 23.9 Å². The van der Waals surface area contributed by atoms with Gasteiger partial charge in [-0.15, -0.1) is 9.20 Å². The van der Waals surface area contributed by atoms with Crippen molar-refractivity contribution >= 4 is 34.9 Å². The SMILES string of the molecule is O=[P+](OC[C@H]1O[C@@H](n2cnc3cc(C(F)(F)F)ccc32)C[C@@H]1O)OP(=O)(O)OP(=O)(O)OO. The van der Waals surface area contributed by atoms with E-state index in [1.165, 1.54) is 17.0 Å². The molecule has 184 valence electrons. The zero-order valence-corrected chi connectivity index (χ0v) is 18.6. The molecular formula is C13H15F3N2O12P3+. The number of phosphoric acid groups is 2. The number of imidazole rings is 1. The average Bonchev–Trinajstić information content (AvgIpc) is 3.27. The molecule has 0 radical (unpaired) electrons. The van der Waals surface area contributed by atoms with Crippen LogP contribution in [0, 0.1) is 0 Å². The summed E-state index contributed by atoms with van der Waals surface area (Å²) in [5, 5.41) is 18.2. The first-order chi connectivity index (χ1) is 15.2. The minimum atomic E-state index is -5.46. The Morgan fingerprint density at radius 3 is 2.61 bits per heavy atom. The van der Waals surface area contributed by atoms with Crippen LogP contribution in [-0.4, -0.2) is 48.5 Å². The number of fused-ring (bicyclic) bond motifs is 1. The Morgan fingerprint density at radius 2 is 1.97 bits per heavy atom. The predicted octanol–water partition coefficient (Wildman–Crippen LogP) is 3.10. The molecule has 0 saturated carbocycles.